The number of hydrogen-bond donors (Lipinski definition) is 1. The molecule has 1 heterocycles. The minimum atomic E-state index is -0.0205. The number of carbonyl (C=O) groups is 1. The van der Waals surface area contributed by atoms with Crippen molar-refractivity contribution in [2.45, 2.75) is 71.3 Å². The predicted molar refractivity (Wildman–Crippen MR) is 93.8 cm³/mol. The summed E-state index contributed by atoms with van der Waals surface area (Å²) in [7, 11) is 1.84. The maximum atomic E-state index is 12.5. The summed E-state index contributed by atoms with van der Waals surface area (Å²) in [6.07, 6.45) is 9.65. The van der Waals surface area contributed by atoms with Crippen LogP contribution in [0.4, 0.5) is 5.82 Å². The first-order valence-corrected chi connectivity index (χ1v) is 8.98. The third kappa shape index (κ3) is 5.48. The highest BCUT2D eigenvalue weighted by Gasteiger charge is 2.17. The molecule has 1 N–H and O–H groups in total. The van der Waals surface area contributed by atoms with Crippen LogP contribution in [0.2, 0.25) is 0 Å². The van der Waals surface area contributed by atoms with E-state index in [-0.39, 0.29) is 5.91 Å². The van der Waals surface area contributed by atoms with Crippen LogP contribution in [0, 0.1) is 6.92 Å². The Labute approximate surface area is 139 Å². The van der Waals surface area contributed by atoms with Crippen molar-refractivity contribution in [3.63, 3.8) is 0 Å². The summed E-state index contributed by atoms with van der Waals surface area (Å²) in [6.45, 7) is 4.74. The molecule has 0 aromatic carbocycles. The van der Waals surface area contributed by atoms with Crippen LogP contribution in [-0.4, -0.2) is 40.4 Å². The highest BCUT2D eigenvalue weighted by atomic mass is 16.2. The zero-order valence-electron chi connectivity index (χ0n) is 14.8. The lowest BCUT2D eigenvalue weighted by Crippen LogP contribution is -2.29. The van der Waals surface area contributed by atoms with Gasteiger partial charge in [-0.25, -0.2) is 9.97 Å². The third-order valence-corrected chi connectivity index (χ3v) is 4.46. The first kappa shape index (κ1) is 17.7. The third-order valence-electron chi connectivity index (χ3n) is 4.46. The minimum Gasteiger partial charge on any atom is -0.367 e. The van der Waals surface area contributed by atoms with Crippen LogP contribution in [0.1, 0.15) is 74.6 Å². The van der Waals surface area contributed by atoms with Crippen LogP contribution in [0.3, 0.4) is 0 Å². The lowest BCUT2D eigenvalue weighted by Gasteiger charge is -2.19. The van der Waals surface area contributed by atoms with E-state index >= 15 is 0 Å². The molecular weight excluding hydrogens is 288 g/mol. The molecule has 1 aromatic heterocycles. The second kappa shape index (κ2) is 8.85. The molecule has 1 fully saturated rings. The molecule has 1 saturated carbocycles. The van der Waals surface area contributed by atoms with Gasteiger partial charge >= 0.3 is 0 Å². The molecule has 0 bridgehead atoms. The highest BCUT2D eigenvalue weighted by molar-refractivity contribution is 5.92. The summed E-state index contributed by atoms with van der Waals surface area (Å²) in [4.78, 5) is 23.1. The molecule has 1 amide bonds. The number of hydrogen-bond acceptors (Lipinski definition) is 4. The molecule has 0 spiro atoms. The smallest absolute Gasteiger partial charge is 0.272 e. The molecule has 5 heteroatoms. The molecule has 2 rings (SSSR count). The first-order chi connectivity index (χ1) is 11.1. The number of rotatable bonds is 6. The summed E-state index contributed by atoms with van der Waals surface area (Å²) in [5, 5.41) is 3.52. The average Bonchev–Trinajstić information content (AvgIpc) is 2.80. The summed E-state index contributed by atoms with van der Waals surface area (Å²) in [5.74, 6) is 1.42. The van der Waals surface area contributed by atoms with Crippen LogP contribution >= 0.6 is 0 Å². The van der Waals surface area contributed by atoms with Crippen molar-refractivity contribution in [3.8, 4) is 0 Å². The van der Waals surface area contributed by atoms with Gasteiger partial charge in [-0.3, -0.25) is 4.79 Å². The fraction of sp³-hybridized carbons (Fsp3) is 0.722. The van der Waals surface area contributed by atoms with Gasteiger partial charge in [-0.2, -0.15) is 0 Å². The van der Waals surface area contributed by atoms with Crippen molar-refractivity contribution >= 4 is 11.7 Å². The Bertz CT molecular complexity index is 510. The maximum Gasteiger partial charge on any atom is 0.272 e. The number of anilines is 1. The van der Waals surface area contributed by atoms with E-state index in [4.69, 9.17) is 0 Å². The van der Waals surface area contributed by atoms with Crippen LogP contribution < -0.4 is 5.32 Å². The number of aryl methyl sites for hydroxylation is 1. The van der Waals surface area contributed by atoms with Crippen LogP contribution in [-0.2, 0) is 0 Å². The van der Waals surface area contributed by atoms with Crippen molar-refractivity contribution in [1.82, 2.24) is 14.9 Å². The van der Waals surface area contributed by atoms with Gasteiger partial charge in [-0.15, -0.1) is 0 Å². The Kier molecular flexibility index (Phi) is 6.81. The van der Waals surface area contributed by atoms with Gasteiger partial charge in [0, 0.05) is 25.7 Å². The van der Waals surface area contributed by atoms with Crippen LogP contribution in [0.25, 0.3) is 0 Å². The quantitative estimate of drug-likeness (QED) is 0.811. The normalized spacial score (nSPS) is 16.0. The van der Waals surface area contributed by atoms with E-state index in [2.05, 4.69) is 22.2 Å². The summed E-state index contributed by atoms with van der Waals surface area (Å²) < 4.78 is 0. The first-order valence-electron chi connectivity index (χ1n) is 8.98. The van der Waals surface area contributed by atoms with Gasteiger partial charge in [0.2, 0.25) is 0 Å². The fourth-order valence-electron chi connectivity index (χ4n) is 3.08. The minimum absolute atomic E-state index is 0.0205. The zero-order valence-corrected chi connectivity index (χ0v) is 14.8. The molecule has 5 nitrogen and oxygen atoms in total. The summed E-state index contributed by atoms with van der Waals surface area (Å²) in [5.41, 5.74) is 0.493. The van der Waals surface area contributed by atoms with Crippen molar-refractivity contribution in [3.05, 3.63) is 17.6 Å². The molecule has 1 aliphatic rings. The summed E-state index contributed by atoms with van der Waals surface area (Å²) >= 11 is 0. The van der Waals surface area contributed by atoms with Crippen molar-refractivity contribution in [2.75, 3.05) is 18.9 Å². The molecule has 23 heavy (non-hydrogen) atoms. The van der Waals surface area contributed by atoms with Gasteiger partial charge in [0.05, 0.1) is 0 Å². The molecule has 1 aromatic rings. The van der Waals surface area contributed by atoms with Gasteiger partial charge in [0.25, 0.3) is 5.91 Å². The van der Waals surface area contributed by atoms with E-state index in [1.54, 1.807) is 4.90 Å². The Morgan fingerprint density at radius 2 is 1.96 bits per heavy atom. The van der Waals surface area contributed by atoms with Gasteiger partial charge in [0.15, 0.2) is 0 Å². The lowest BCUT2D eigenvalue weighted by atomic mass is 10.1. The Morgan fingerprint density at radius 1 is 1.26 bits per heavy atom. The van der Waals surface area contributed by atoms with E-state index < -0.39 is 0 Å². The average molecular weight is 318 g/mol. The van der Waals surface area contributed by atoms with Gasteiger partial charge < -0.3 is 10.2 Å². The fourth-order valence-corrected chi connectivity index (χ4v) is 3.08. The molecule has 128 valence electrons. The number of nitrogens with zero attached hydrogens (tertiary/aromatic N) is 3. The number of amides is 1. The molecular formula is C18H30N4O. The number of carbonyl (C=O) groups excluding carboxylic acids is 1. The van der Waals surface area contributed by atoms with E-state index in [1.165, 1.54) is 38.5 Å². The molecule has 0 radical (unpaired) electrons. The summed E-state index contributed by atoms with van der Waals surface area (Å²) in [6, 6.07) is 2.27. The second-order valence-electron chi connectivity index (χ2n) is 6.60. The Morgan fingerprint density at radius 3 is 2.61 bits per heavy atom. The highest BCUT2D eigenvalue weighted by Crippen LogP contribution is 2.21. The molecule has 0 unspecified atom stereocenters. The SMILES string of the molecule is CCCCN(C)C(=O)c1cc(NC2CCCCCC2)nc(C)n1. The largest absolute Gasteiger partial charge is 0.367 e. The Hall–Kier alpha value is -1.65. The molecule has 1 aliphatic carbocycles. The van der Waals surface area contributed by atoms with E-state index in [0.29, 0.717) is 17.6 Å². The molecule has 0 aliphatic heterocycles. The second-order valence-corrected chi connectivity index (χ2v) is 6.60. The topological polar surface area (TPSA) is 58.1 Å². The lowest BCUT2D eigenvalue weighted by molar-refractivity contribution is 0.0787. The van der Waals surface area contributed by atoms with Gasteiger partial charge in [0.1, 0.15) is 17.3 Å². The van der Waals surface area contributed by atoms with Crippen LogP contribution in [0.15, 0.2) is 6.07 Å². The van der Waals surface area contributed by atoms with Crippen LogP contribution in [0.5, 0.6) is 0 Å². The van der Waals surface area contributed by atoms with Crippen molar-refractivity contribution < 1.29 is 4.79 Å². The zero-order chi connectivity index (χ0) is 16.7. The number of nitrogens with one attached hydrogen (secondary N) is 1. The van der Waals surface area contributed by atoms with Gasteiger partial charge in [-0.05, 0) is 26.2 Å². The maximum absolute atomic E-state index is 12.5. The van der Waals surface area contributed by atoms with E-state index in [9.17, 15) is 4.79 Å². The van der Waals surface area contributed by atoms with Gasteiger partial charge in [-0.1, -0.05) is 39.0 Å². The Balaban J connectivity index is 2.06. The predicted octanol–water partition coefficient (Wildman–Crippen LogP) is 3.79. The monoisotopic (exact) mass is 318 g/mol. The standard InChI is InChI=1S/C18H30N4O/c1-4-5-12-22(3)18(23)16-13-17(20-14(2)19-16)21-15-10-8-6-7-9-11-15/h13,15H,4-12H2,1-3H3,(H,19,20,21). The van der Waals surface area contributed by atoms with E-state index in [0.717, 1.165) is 25.2 Å². The van der Waals surface area contributed by atoms with E-state index in [1.807, 2.05) is 20.0 Å². The number of aromatic nitrogens is 2. The van der Waals surface area contributed by atoms with Crippen molar-refractivity contribution in [1.29, 1.82) is 0 Å². The van der Waals surface area contributed by atoms with Crippen molar-refractivity contribution in [2.24, 2.45) is 0 Å². The molecule has 0 atom stereocenters. The number of unbranched alkanes of at least 4 members (excludes halogenated alkanes) is 1. The molecule has 0 saturated heterocycles.